The van der Waals surface area contributed by atoms with Gasteiger partial charge in [0.15, 0.2) is 0 Å². The van der Waals surface area contributed by atoms with Crippen molar-refractivity contribution >= 4 is 0 Å². The highest BCUT2D eigenvalue weighted by Crippen LogP contribution is 2.58. The number of halogens is 1. The predicted octanol–water partition coefficient (Wildman–Crippen LogP) is 6.65. The van der Waals surface area contributed by atoms with E-state index in [4.69, 9.17) is 0 Å². The van der Waals surface area contributed by atoms with Gasteiger partial charge in [-0.25, -0.2) is 4.39 Å². The summed E-state index contributed by atoms with van der Waals surface area (Å²) in [7, 11) is 0. The molecule has 0 unspecified atom stereocenters. The lowest BCUT2D eigenvalue weighted by atomic mass is 9.53. The molecule has 1 aromatic rings. The zero-order chi connectivity index (χ0) is 23.6. The summed E-state index contributed by atoms with van der Waals surface area (Å²) in [5.74, 6) is 8.03. The molecule has 0 saturated heterocycles. The number of fused-ring (bicyclic) bond motifs is 1. The number of aliphatic hydroxyl groups excluding tert-OH is 1. The van der Waals surface area contributed by atoms with Crippen LogP contribution in [0.15, 0.2) is 35.9 Å². The molecular weight excluding hydrogens is 411 g/mol. The van der Waals surface area contributed by atoms with Crippen molar-refractivity contribution in [3.05, 3.63) is 47.3 Å². The molecule has 0 heterocycles. The van der Waals surface area contributed by atoms with Crippen LogP contribution in [0.4, 0.5) is 4.39 Å². The van der Waals surface area contributed by atoms with Gasteiger partial charge in [-0.2, -0.15) is 0 Å². The van der Waals surface area contributed by atoms with Gasteiger partial charge in [-0.15, -0.1) is 0 Å². The van der Waals surface area contributed by atoms with E-state index >= 15 is 0 Å². The van der Waals surface area contributed by atoms with E-state index in [0.29, 0.717) is 17.8 Å². The Bertz CT molecular complexity index is 905. The van der Waals surface area contributed by atoms with Gasteiger partial charge < -0.3 is 10.2 Å². The highest BCUT2D eigenvalue weighted by Gasteiger charge is 2.50. The molecule has 0 spiro atoms. The Morgan fingerprint density at radius 3 is 2.67 bits per heavy atom. The highest BCUT2D eigenvalue weighted by atomic mass is 19.1. The van der Waals surface area contributed by atoms with E-state index in [0.717, 1.165) is 50.5 Å². The van der Waals surface area contributed by atoms with Crippen molar-refractivity contribution < 1.29 is 14.6 Å². The van der Waals surface area contributed by atoms with Crippen LogP contribution in [0.3, 0.4) is 0 Å². The van der Waals surface area contributed by atoms with Gasteiger partial charge in [0, 0.05) is 5.56 Å². The molecule has 2 fully saturated rings. The second-order valence-electron chi connectivity index (χ2n) is 11.4. The molecule has 0 aromatic heterocycles. The van der Waals surface area contributed by atoms with Crippen LogP contribution in [0, 0.1) is 46.7 Å². The van der Waals surface area contributed by atoms with E-state index in [1.807, 2.05) is 6.92 Å². The van der Waals surface area contributed by atoms with Crippen LogP contribution in [-0.4, -0.2) is 21.9 Å². The Morgan fingerprint density at radius 2 is 1.94 bits per heavy atom. The van der Waals surface area contributed by atoms with E-state index in [-0.39, 0.29) is 23.3 Å². The van der Waals surface area contributed by atoms with Gasteiger partial charge in [-0.3, -0.25) is 0 Å². The van der Waals surface area contributed by atoms with E-state index in [9.17, 15) is 14.6 Å². The Labute approximate surface area is 199 Å². The minimum Gasteiger partial charge on any atom is -0.393 e. The summed E-state index contributed by atoms with van der Waals surface area (Å²) in [6.07, 6.45) is 13.3. The molecule has 33 heavy (non-hydrogen) atoms. The molecule has 2 saturated carbocycles. The number of aliphatic hydroxyl groups is 2. The minimum absolute atomic E-state index is 0.168. The summed E-state index contributed by atoms with van der Waals surface area (Å²) >= 11 is 0. The molecule has 3 aliphatic carbocycles. The molecule has 4 rings (SSSR count). The second kappa shape index (κ2) is 9.93. The van der Waals surface area contributed by atoms with Crippen molar-refractivity contribution in [2.75, 3.05) is 0 Å². The van der Waals surface area contributed by atoms with E-state index in [1.54, 1.807) is 12.1 Å². The first kappa shape index (κ1) is 24.5. The maximum absolute atomic E-state index is 13.2. The Kier molecular flexibility index (Phi) is 7.37. The lowest BCUT2D eigenvalue weighted by Gasteiger charge is -2.52. The molecule has 0 bridgehead atoms. The Hall–Kier alpha value is -1.63. The lowest BCUT2D eigenvalue weighted by molar-refractivity contribution is 0.0219. The molecule has 1 aromatic carbocycles. The second-order valence-corrected chi connectivity index (χ2v) is 11.4. The number of rotatable bonds is 5. The fourth-order valence-corrected chi connectivity index (χ4v) is 7.10. The molecule has 7 atom stereocenters. The van der Waals surface area contributed by atoms with Crippen LogP contribution in [0.5, 0.6) is 0 Å². The Morgan fingerprint density at radius 1 is 1.18 bits per heavy atom. The number of hydrogen-bond acceptors (Lipinski definition) is 2. The van der Waals surface area contributed by atoms with Crippen LogP contribution in [0.25, 0.3) is 0 Å². The largest absolute Gasteiger partial charge is 0.393 e. The highest BCUT2D eigenvalue weighted by molar-refractivity contribution is 5.36. The number of allylic oxidation sites excluding steroid dienone is 1. The van der Waals surface area contributed by atoms with Gasteiger partial charge in [0.1, 0.15) is 11.4 Å². The maximum atomic E-state index is 13.2. The number of benzene rings is 1. The topological polar surface area (TPSA) is 40.5 Å². The fraction of sp³-hybridized carbons (Fsp3) is 0.667. The summed E-state index contributed by atoms with van der Waals surface area (Å²) < 4.78 is 13.2. The first-order valence-corrected chi connectivity index (χ1v) is 13.1. The van der Waals surface area contributed by atoms with Gasteiger partial charge >= 0.3 is 0 Å². The molecule has 2 N–H and O–H groups in total. The summed E-state index contributed by atoms with van der Waals surface area (Å²) in [6.45, 7) is 6.60. The summed E-state index contributed by atoms with van der Waals surface area (Å²) in [4.78, 5) is 0. The summed E-state index contributed by atoms with van der Waals surface area (Å²) in [5.41, 5.74) is 1.44. The lowest BCUT2D eigenvalue weighted by Crippen LogP contribution is -2.44. The molecule has 180 valence electrons. The monoisotopic (exact) mass is 452 g/mol. The molecule has 2 nitrogen and oxygen atoms in total. The van der Waals surface area contributed by atoms with E-state index in [1.165, 1.54) is 37.0 Å². The van der Waals surface area contributed by atoms with Crippen LogP contribution in [-0.2, 0) is 0 Å². The average molecular weight is 453 g/mol. The van der Waals surface area contributed by atoms with Gasteiger partial charge in [0.25, 0.3) is 0 Å². The number of hydrogen-bond donors (Lipinski definition) is 2. The third-order valence-corrected chi connectivity index (χ3v) is 9.20. The molecule has 0 amide bonds. The van der Waals surface area contributed by atoms with Crippen LogP contribution < -0.4 is 0 Å². The average Bonchev–Trinajstić information content (AvgIpc) is 3.29. The van der Waals surface area contributed by atoms with Crippen molar-refractivity contribution in [1.82, 2.24) is 0 Å². The van der Waals surface area contributed by atoms with Crippen molar-refractivity contribution in [1.29, 1.82) is 0 Å². The van der Waals surface area contributed by atoms with Crippen molar-refractivity contribution in [3.8, 4) is 11.8 Å². The SMILES string of the molecule is CCCC[C@H]1[C@H]([C@@H]2CC[C@H]([C@](C)(O)C#Cc3ccc(F)cc3)C2)CC=C2C[C@@H](O)CC[C@@]21C. The summed E-state index contributed by atoms with van der Waals surface area (Å²) in [6, 6.07) is 6.16. The van der Waals surface area contributed by atoms with Crippen molar-refractivity contribution in [2.24, 2.45) is 29.1 Å². The van der Waals surface area contributed by atoms with Crippen LogP contribution in [0.1, 0.15) is 90.5 Å². The van der Waals surface area contributed by atoms with Crippen LogP contribution in [0.2, 0.25) is 0 Å². The molecule has 0 aliphatic heterocycles. The molecule has 3 heteroatoms. The van der Waals surface area contributed by atoms with Gasteiger partial charge in [-0.1, -0.05) is 50.2 Å². The standard InChI is InChI=1S/C30H41FO2/c1-4-5-6-28-27(14-11-23-20-26(32)16-17-29(23,28)2)22-9-10-24(19-22)30(3,33)18-15-21-7-12-25(31)13-8-21/h7-8,11-13,22,24,26-28,32-33H,4-6,9-10,14,16-17,19-20H2,1-3H3/t22-,24+,26+,27+,28+,29+,30-/m1/s1. The van der Waals surface area contributed by atoms with E-state index < -0.39 is 5.60 Å². The zero-order valence-electron chi connectivity index (χ0n) is 20.6. The van der Waals surface area contributed by atoms with Crippen LogP contribution >= 0.6 is 0 Å². The zero-order valence-corrected chi connectivity index (χ0v) is 20.6. The van der Waals surface area contributed by atoms with Gasteiger partial charge in [0.05, 0.1) is 6.10 Å². The fourth-order valence-electron chi connectivity index (χ4n) is 7.10. The van der Waals surface area contributed by atoms with Crippen molar-refractivity contribution in [3.63, 3.8) is 0 Å². The maximum Gasteiger partial charge on any atom is 0.125 e. The Balaban J connectivity index is 1.49. The predicted molar refractivity (Wildman–Crippen MR) is 132 cm³/mol. The van der Waals surface area contributed by atoms with Gasteiger partial charge in [-0.05, 0) is 112 Å². The van der Waals surface area contributed by atoms with Crippen molar-refractivity contribution in [2.45, 2.75) is 96.7 Å². The normalized spacial score (nSPS) is 35.7. The smallest absolute Gasteiger partial charge is 0.125 e. The molecule has 3 aliphatic rings. The molecule has 0 radical (unpaired) electrons. The first-order chi connectivity index (χ1) is 15.7. The summed E-state index contributed by atoms with van der Waals surface area (Å²) in [5, 5.41) is 21.5. The first-order valence-electron chi connectivity index (χ1n) is 13.1. The van der Waals surface area contributed by atoms with Gasteiger partial charge in [0.2, 0.25) is 0 Å². The molecular formula is C30H41FO2. The number of unbranched alkanes of at least 4 members (excludes halogenated alkanes) is 1. The van der Waals surface area contributed by atoms with E-state index in [2.05, 4.69) is 31.8 Å². The minimum atomic E-state index is -1.03. The third-order valence-electron chi connectivity index (χ3n) is 9.20. The quantitative estimate of drug-likeness (QED) is 0.388. The third kappa shape index (κ3) is 5.23.